The second-order valence-electron chi connectivity index (χ2n) is 6.56. The van der Waals surface area contributed by atoms with E-state index in [1.807, 2.05) is 13.0 Å². The van der Waals surface area contributed by atoms with E-state index >= 15 is 0 Å². The molecule has 2 N–H and O–H groups in total. The van der Waals surface area contributed by atoms with E-state index in [-0.39, 0.29) is 11.9 Å². The lowest BCUT2D eigenvalue weighted by Gasteiger charge is -2.30. The van der Waals surface area contributed by atoms with Crippen molar-refractivity contribution in [3.63, 3.8) is 0 Å². The number of aliphatic hydroxyl groups excluding tert-OH is 1. The summed E-state index contributed by atoms with van der Waals surface area (Å²) in [5.41, 5.74) is 3.40. The fourth-order valence-corrected chi connectivity index (χ4v) is 3.32. The monoisotopic (exact) mass is 328 g/mol. The fraction of sp³-hybridized carbons (Fsp3) is 0.400. The summed E-state index contributed by atoms with van der Waals surface area (Å²) in [6.45, 7) is 4.86. The van der Waals surface area contributed by atoms with E-state index in [4.69, 9.17) is 0 Å². The molecule has 3 nitrogen and oxygen atoms in total. The van der Waals surface area contributed by atoms with Gasteiger partial charge in [-0.2, -0.15) is 0 Å². The van der Waals surface area contributed by atoms with Crippen molar-refractivity contribution in [1.29, 1.82) is 0 Å². The second-order valence-corrected chi connectivity index (χ2v) is 6.56. The zero-order valence-electron chi connectivity index (χ0n) is 14.1. The van der Waals surface area contributed by atoms with Crippen molar-refractivity contribution in [2.75, 3.05) is 19.6 Å². The Labute approximate surface area is 143 Å². The molecule has 3 rings (SSSR count). The zero-order valence-corrected chi connectivity index (χ0v) is 14.1. The van der Waals surface area contributed by atoms with Gasteiger partial charge in [-0.15, -0.1) is 0 Å². The molecule has 4 heteroatoms. The molecule has 2 aromatic rings. The Balaban J connectivity index is 1.48. The molecule has 2 atom stereocenters. The number of nitrogens with one attached hydrogen (secondary N) is 1. The van der Waals surface area contributed by atoms with Crippen LogP contribution in [-0.4, -0.2) is 35.7 Å². The van der Waals surface area contributed by atoms with Crippen LogP contribution in [0.2, 0.25) is 0 Å². The van der Waals surface area contributed by atoms with Gasteiger partial charge in [-0.05, 0) is 30.5 Å². The predicted molar refractivity (Wildman–Crippen MR) is 94.2 cm³/mol. The minimum absolute atomic E-state index is 0.122. The van der Waals surface area contributed by atoms with Gasteiger partial charge in [0.25, 0.3) is 0 Å². The molecule has 0 spiro atoms. The first-order valence-electron chi connectivity index (χ1n) is 8.58. The SMILES string of the molecule is CC(NCC(O)CN1CCc2ccccc2C1)c1ccccc1F. The maximum Gasteiger partial charge on any atom is 0.127 e. The lowest BCUT2D eigenvalue weighted by Crippen LogP contribution is -2.41. The molecule has 0 fully saturated rings. The van der Waals surface area contributed by atoms with Crippen molar-refractivity contribution in [3.8, 4) is 0 Å². The van der Waals surface area contributed by atoms with Gasteiger partial charge in [-0.1, -0.05) is 42.5 Å². The largest absolute Gasteiger partial charge is 0.390 e. The maximum atomic E-state index is 13.8. The van der Waals surface area contributed by atoms with Crippen LogP contribution < -0.4 is 5.32 Å². The number of aliphatic hydroxyl groups is 1. The average molecular weight is 328 g/mol. The average Bonchev–Trinajstić information content (AvgIpc) is 2.60. The number of benzene rings is 2. The van der Waals surface area contributed by atoms with E-state index < -0.39 is 6.10 Å². The number of halogens is 1. The Morgan fingerprint density at radius 1 is 1.12 bits per heavy atom. The van der Waals surface area contributed by atoms with Gasteiger partial charge in [0.05, 0.1) is 6.10 Å². The van der Waals surface area contributed by atoms with Crippen LogP contribution in [-0.2, 0) is 13.0 Å². The number of β-amino-alcohol motifs (C(OH)–C–C–N with tert-alkyl or cyclic N) is 1. The molecule has 24 heavy (non-hydrogen) atoms. The molecule has 0 aromatic heterocycles. The molecule has 1 heterocycles. The summed E-state index contributed by atoms with van der Waals surface area (Å²) in [7, 11) is 0. The molecule has 2 unspecified atom stereocenters. The van der Waals surface area contributed by atoms with E-state index in [0.29, 0.717) is 18.7 Å². The molecule has 0 saturated carbocycles. The highest BCUT2D eigenvalue weighted by atomic mass is 19.1. The second kappa shape index (κ2) is 7.88. The molecule has 1 aliphatic rings. The summed E-state index contributed by atoms with van der Waals surface area (Å²) < 4.78 is 13.8. The maximum absolute atomic E-state index is 13.8. The number of nitrogens with zero attached hydrogens (tertiary/aromatic N) is 1. The Bertz CT molecular complexity index is 676. The lowest BCUT2D eigenvalue weighted by molar-refractivity contribution is 0.102. The van der Waals surface area contributed by atoms with Crippen LogP contribution in [0.15, 0.2) is 48.5 Å². The standard InChI is InChI=1S/C20H25FN2O/c1-15(19-8-4-5-9-20(19)21)22-12-18(24)14-23-11-10-16-6-2-3-7-17(16)13-23/h2-9,15,18,22,24H,10-14H2,1H3. The van der Waals surface area contributed by atoms with Crippen molar-refractivity contribution in [2.24, 2.45) is 0 Å². The van der Waals surface area contributed by atoms with Gasteiger partial charge < -0.3 is 10.4 Å². The molecule has 0 bridgehead atoms. The minimum atomic E-state index is -0.468. The summed E-state index contributed by atoms with van der Waals surface area (Å²) >= 11 is 0. The third kappa shape index (κ3) is 4.20. The first kappa shape index (κ1) is 17.1. The molecular formula is C20H25FN2O. The summed E-state index contributed by atoms with van der Waals surface area (Å²) in [6.07, 6.45) is 0.562. The van der Waals surface area contributed by atoms with E-state index in [1.165, 1.54) is 17.2 Å². The van der Waals surface area contributed by atoms with Gasteiger partial charge in [0, 0.05) is 37.8 Å². The highest BCUT2D eigenvalue weighted by Crippen LogP contribution is 2.19. The lowest BCUT2D eigenvalue weighted by atomic mass is 10.00. The highest BCUT2D eigenvalue weighted by molar-refractivity contribution is 5.29. The Hall–Kier alpha value is -1.75. The first-order chi connectivity index (χ1) is 11.6. The van der Waals surface area contributed by atoms with Crippen molar-refractivity contribution < 1.29 is 9.50 Å². The van der Waals surface area contributed by atoms with Crippen LogP contribution in [0.5, 0.6) is 0 Å². The molecular weight excluding hydrogens is 303 g/mol. The summed E-state index contributed by atoms with van der Waals surface area (Å²) in [5, 5.41) is 13.5. The number of rotatable bonds is 6. The fourth-order valence-electron chi connectivity index (χ4n) is 3.32. The van der Waals surface area contributed by atoms with Crippen LogP contribution in [0, 0.1) is 5.82 Å². The summed E-state index contributed by atoms with van der Waals surface area (Å²) in [4.78, 5) is 2.28. The van der Waals surface area contributed by atoms with Crippen molar-refractivity contribution in [1.82, 2.24) is 10.2 Å². The van der Waals surface area contributed by atoms with Crippen LogP contribution in [0.25, 0.3) is 0 Å². The van der Waals surface area contributed by atoms with E-state index in [2.05, 4.69) is 34.5 Å². The Kier molecular flexibility index (Phi) is 5.61. The number of fused-ring (bicyclic) bond motifs is 1. The molecule has 0 amide bonds. The van der Waals surface area contributed by atoms with Gasteiger partial charge in [0.2, 0.25) is 0 Å². The third-order valence-corrected chi connectivity index (χ3v) is 4.71. The highest BCUT2D eigenvalue weighted by Gasteiger charge is 2.19. The zero-order chi connectivity index (χ0) is 16.9. The third-order valence-electron chi connectivity index (χ3n) is 4.71. The smallest absolute Gasteiger partial charge is 0.127 e. The van der Waals surface area contributed by atoms with E-state index in [1.54, 1.807) is 12.1 Å². The molecule has 0 saturated heterocycles. The quantitative estimate of drug-likeness (QED) is 0.856. The minimum Gasteiger partial charge on any atom is -0.390 e. The van der Waals surface area contributed by atoms with E-state index in [0.717, 1.165) is 19.5 Å². The van der Waals surface area contributed by atoms with Gasteiger partial charge in [0.15, 0.2) is 0 Å². The van der Waals surface area contributed by atoms with Crippen molar-refractivity contribution >= 4 is 0 Å². The Morgan fingerprint density at radius 3 is 2.62 bits per heavy atom. The van der Waals surface area contributed by atoms with Gasteiger partial charge in [-0.25, -0.2) is 4.39 Å². The number of hydrogen-bond acceptors (Lipinski definition) is 3. The predicted octanol–water partition coefficient (Wildman–Crippen LogP) is 2.90. The van der Waals surface area contributed by atoms with Crippen LogP contribution >= 0.6 is 0 Å². The van der Waals surface area contributed by atoms with Crippen LogP contribution in [0.3, 0.4) is 0 Å². The van der Waals surface area contributed by atoms with Gasteiger partial charge in [0.1, 0.15) is 5.82 Å². The molecule has 1 aliphatic heterocycles. The van der Waals surface area contributed by atoms with Crippen LogP contribution in [0.4, 0.5) is 4.39 Å². The van der Waals surface area contributed by atoms with E-state index in [9.17, 15) is 9.50 Å². The molecule has 0 aliphatic carbocycles. The van der Waals surface area contributed by atoms with Gasteiger partial charge in [-0.3, -0.25) is 4.90 Å². The number of hydrogen-bond donors (Lipinski definition) is 2. The topological polar surface area (TPSA) is 35.5 Å². The Morgan fingerprint density at radius 2 is 1.83 bits per heavy atom. The first-order valence-corrected chi connectivity index (χ1v) is 8.58. The molecule has 128 valence electrons. The summed E-state index contributed by atoms with van der Waals surface area (Å²) in [5.74, 6) is -0.209. The van der Waals surface area contributed by atoms with Crippen LogP contribution in [0.1, 0.15) is 29.7 Å². The molecule has 2 aromatic carbocycles. The van der Waals surface area contributed by atoms with Crippen molar-refractivity contribution in [2.45, 2.75) is 32.0 Å². The molecule has 0 radical (unpaired) electrons. The summed E-state index contributed by atoms with van der Waals surface area (Å²) in [6, 6.07) is 15.1. The van der Waals surface area contributed by atoms with Crippen molar-refractivity contribution in [3.05, 3.63) is 71.0 Å². The van der Waals surface area contributed by atoms with Gasteiger partial charge >= 0.3 is 0 Å². The normalized spacial score (nSPS) is 17.3.